The van der Waals surface area contributed by atoms with Crippen LogP contribution in [-0.2, 0) is 11.2 Å². The van der Waals surface area contributed by atoms with Crippen LogP contribution in [-0.4, -0.2) is 55.7 Å². The third-order valence-electron chi connectivity index (χ3n) is 7.90. The number of amides is 1. The van der Waals surface area contributed by atoms with Crippen LogP contribution in [0.1, 0.15) is 65.8 Å². The summed E-state index contributed by atoms with van der Waals surface area (Å²) in [5.74, 6) is 1.53. The summed E-state index contributed by atoms with van der Waals surface area (Å²) < 4.78 is 11.6. The fraction of sp³-hybridized carbons (Fsp3) is 0.444. The minimum Gasteiger partial charge on any atom is -0.421 e. The molecule has 0 bridgehead atoms. The highest BCUT2D eigenvalue weighted by Crippen LogP contribution is 2.48. The Morgan fingerprint density at radius 1 is 1.14 bits per heavy atom. The predicted molar refractivity (Wildman–Crippen MR) is 132 cm³/mol. The minimum atomic E-state index is 0.0375. The zero-order valence-corrected chi connectivity index (χ0v) is 20.3. The molecule has 1 N–H and O–H groups in total. The van der Waals surface area contributed by atoms with Crippen molar-refractivity contribution in [2.45, 2.75) is 51.5 Å². The molecule has 0 aromatic carbocycles. The molecule has 3 aliphatic heterocycles. The summed E-state index contributed by atoms with van der Waals surface area (Å²) in [5, 5.41) is 9.51. The first-order valence-corrected chi connectivity index (χ1v) is 12.9. The van der Waals surface area contributed by atoms with E-state index in [2.05, 4.69) is 26.2 Å². The minimum absolute atomic E-state index is 0.0375. The summed E-state index contributed by atoms with van der Waals surface area (Å²) in [4.78, 5) is 28.8. The fourth-order valence-corrected chi connectivity index (χ4v) is 6.10. The second kappa shape index (κ2) is 8.51. The maximum absolute atomic E-state index is 13.8. The Morgan fingerprint density at radius 3 is 2.86 bits per heavy atom. The molecule has 0 spiro atoms. The van der Waals surface area contributed by atoms with Gasteiger partial charge in [-0.3, -0.25) is 9.78 Å². The van der Waals surface area contributed by atoms with Crippen LogP contribution < -0.4 is 0 Å². The zero-order valence-electron chi connectivity index (χ0n) is 20.3. The number of nitrogens with zero attached hydrogens (tertiary/aromatic N) is 5. The highest BCUT2D eigenvalue weighted by molar-refractivity contribution is 6.08. The Bertz CT molecular complexity index is 1470. The third-order valence-corrected chi connectivity index (χ3v) is 7.90. The molecule has 0 radical (unpaired) electrons. The Hall–Kier alpha value is -3.59. The highest BCUT2D eigenvalue weighted by atomic mass is 16.5. The fourth-order valence-electron chi connectivity index (χ4n) is 6.10. The van der Waals surface area contributed by atoms with E-state index >= 15 is 0 Å². The molecule has 7 heterocycles. The van der Waals surface area contributed by atoms with Gasteiger partial charge in [0.15, 0.2) is 0 Å². The number of ether oxygens (including phenoxy) is 1. The molecule has 184 valence electrons. The number of nitrogens with one attached hydrogen (secondary N) is 1. The smallest absolute Gasteiger partial charge is 0.257 e. The first-order valence-electron chi connectivity index (χ1n) is 12.9. The van der Waals surface area contributed by atoms with Crippen LogP contribution in [0.15, 0.2) is 28.9 Å². The number of H-pyrrole nitrogens is 1. The van der Waals surface area contributed by atoms with Gasteiger partial charge >= 0.3 is 0 Å². The molecule has 0 saturated carbocycles. The number of rotatable bonds is 5. The largest absolute Gasteiger partial charge is 0.421 e. The summed E-state index contributed by atoms with van der Waals surface area (Å²) in [6, 6.07) is 4.12. The summed E-state index contributed by atoms with van der Waals surface area (Å²) >= 11 is 0. The summed E-state index contributed by atoms with van der Waals surface area (Å²) in [7, 11) is 0. The van der Waals surface area contributed by atoms with Gasteiger partial charge < -0.3 is 19.0 Å². The molecule has 4 aromatic rings. The molecule has 1 atom stereocenters. The number of pyridine rings is 2. The molecule has 0 aliphatic carbocycles. The molecular weight excluding hydrogens is 456 g/mol. The van der Waals surface area contributed by atoms with E-state index in [0.29, 0.717) is 23.3 Å². The molecule has 36 heavy (non-hydrogen) atoms. The van der Waals surface area contributed by atoms with Crippen molar-refractivity contribution in [3.63, 3.8) is 0 Å². The van der Waals surface area contributed by atoms with Gasteiger partial charge in [-0.25, -0.2) is 4.98 Å². The molecule has 7 rings (SSSR count). The lowest BCUT2D eigenvalue weighted by atomic mass is 9.88. The Morgan fingerprint density at radius 2 is 2.03 bits per heavy atom. The maximum atomic E-state index is 13.8. The molecule has 2 fully saturated rings. The lowest BCUT2D eigenvalue weighted by Gasteiger charge is -2.23. The van der Waals surface area contributed by atoms with Gasteiger partial charge in [0, 0.05) is 55.6 Å². The van der Waals surface area contributed by atoms with Crippen LogP contribution in [0.3, 0.4) is 0 Å². The quantitative estimate of drug-likeness (QED) is 0.440. The van der Waals surface area contributed by atoms with E-state index in [-0.39, 0.29) is 11.9 Å². The van der Waals surface area contributed by atoms with E-state index in [1.54, 1.807) is 6.92 Å². The van der Waals surface area contributed by atoms with Crippen molar-refractivity contribution < 1.29 is 13.9 Å². The highest BCUT2D eigenvalue weighted by Gasteiger charge is 2.44. The molecule has 1 amide bonds. The molecular formula is C27H28N6O3. The maximum Gasteiger partial charge on any atom is 0.257 e. The number of hydrogen-bond donors (Lipinski definition) is 1. The second-order valence-corrected chi connectivity index (χ2v) is 10.1. The Balaban J connectivity index is 1.46. The van der Waals surface area contributed by atoms with Gasteiger partial charge in [0.2, 0.25) is 11.8 Å². The van der Waals surface area contributed by atoms with Crippen molar-refractivity contribution in [2.75, 3.05) is 19.8 Å². The number of carbonyl (C=O) groups excluding carboxylic acids is 1. The predicted octanol–water partition coefficient (Wildman–Crippen LogP) is 4.63. The van der Waals surface area contributed by atoms with E-state index in [1.807, 2.05) is 23.4 Å². The van der Waals surface area contributed by atoms with E-state index < -0.39 is 0 Å². The van der Waals surface area contributed by atoms with E-state index in [1.165, 1.54) is 0 Å². The Kier molecular flexibility index (Phi) is 5.13. The monoisotopic (exact) mass is 484 g/mol. The number of fused-ring (bicyclic) bond motifs is 4. The van der Waals surface area contributed by atoms with Crippen molar-refractivity contribution in [2.24, 2.45) is 5.92 Å². The molecule has 0 unspecified atom stereocenters. The van der Waals surface area contributed by atoms with Gasteiger partial charge in [-0.1, -0.05) is 0 Å². The first kappa shape index (κ1) is 21.7. The third kappa shape index (κ3) is 3.44. The normalized spacial score (nSPS) is 19.9. The molecule has 2 saturated heterocycles. The van der Waals surface area contributed by atoms with Crippen LogP contribution in [0.4, 0.5) is 0 Å². The van der Waals surface area contributed by atoms with E-state index in [0.717, 1.165) is 97.4 Å². The number of aromatic nitrogens is 5. The van der Waals surface area contributed by atoms with E-state index in [4.69, 9.17) is 14.1 Å². The zero-order chi connectivity index (χ0) is 24.2. The summed E-state index contributed by atoms with van der Waals surface area (Å²) in [5.41, 5.74) is 5.75. The van der Waals surface area contributed by atoms with Crippen LogP contribution >= 0.6 is 0 Å². The van der Waals surface area contributed by atoms with Crippen molar-refractivity contribution >= 4 is 16.9 Å². The van der Waals surface area contributed by atoms with Gasteiger partial charge in [-0.05, 0) is 56.6 Å². The van der Waals surface area contributed by atoms with E-state index in [9.17, 15) is 4.79 Å². The number of carbonyl (C=O) groups is 1. The van der Waals surface area contributed by atoms with Crippen LogP contribution in [0, 0.1) is 12.8 Å². The second-order valence-electron chi connectivity index (χ2n) is 10.1. The van der Waals surface area contributed by atoms with Crippen molar-refractivity contribution in [1.29, 1.82) is 0 Å². The SMILES string of the molecule is Cc1nnc(-c2c(CCC3CCOCC3)nc3c(c2-c2cnc4[nH]ccc4c2)C(=O)N2CCC[C@@H]32)o1. The number of aryl methyl sites for hydroxylation is 2. The summed E-state index contributed by atoms with van der Waals surface area (Å²) in [6.45, 7) is 4.18. The average molecular weight is 485 g/mol. The Labute approximate surface area is 208 Å². The first-order chi connectivity index (χ1) is 17.7. The van der Waals surface area contributed by atoms with Gasteiger partial charge in [0.25, 0.3) is 5.91 Å². The standard InChI is InChI=1S/C27H28N6O3/c1-15-31-32-26(36-15)22-19(5-4-16-7-11-35-12-8-16)30-24-20-3-2-10-33(20)27(34)23(24)21(22)18-13-17-6-9-28-25(17)29-14-18/h6,9,13-14,16,20H,2-5,7-8,10-12H2,1H3,(H,28,29)/t20-/m0/s1. The van der Waals surface area contributed by atoms with Gasteiger partial charge in [-0.15, -0.1) is 10.2 Å². The van der Waals surface area contributed by atoms with Gasteiger partial charge in [0.05, 0.1) is 28.6 Å². The molecule has 9 nitrogen and oxygen atoms in total. The van der Waals surface area contributed by atoms with Crippen LogP contribution in [0.2, 0.25) is 0 Å². The van der Waals surface area contributed by atoms with Crippen LogP contribution in [0.5, 0.6) is 0 Å². The van der Waals surface area contributed by atoms with Crippen molar-refractivity contribution in [1.82, 2.24) is 30.0 Å². The van der Waals surface area contributed by atoms with Crippen LogP contribution in [0.25, 0.3) is 33.6 Å². The van der Waals surface area contributed by atoms with Crippen molar-refractivity contribution in [3.05, 3.63) is 47.4 Å². The van der Waals surface area contributed by atoms with Gasteiger partial charge in [0.1, 0.15) is 5.65 Å². The number of hydrogen-bond acceptors (Lipinski definition) is 7. The lowest BCUT2D eigenvalue weighted by Crippen LogP contribution is -2.23. The average Bonchev–Trinajstić information content (AvgIpc) is 3.69. The number of aromatic amines is 1. The molecule has 4 aromatic heterocycles. The van der Waals surface area contributed by atoms with Crippen molar-refractivity contribution in [3.8, 4) is 22.6 Å². The van der Waals surface area contributed by atoms with Gasteiger partial charge in [-0.2, -0.15) is 0 Å². The lowest BCUT2D eigenvalue weighted by molar-refractivity contribution is 0.0639. The molecule has 9 heteroatoms. The summed E-state index contributed by atoms with van der Waals surface area (Å²) in [6.07, 6.45) is 9.58. The topological polar surface area (TPSA) is 110 Å². The molecule has 3 aliphatic rings.